The first-order chi connectivity index (χ1) is 17.4. The van der Waals surface area contributed by atoms with E-state index in [0.717, 1.165) is 6.07 Å². The van der Waals surface area contributed by atoms with Gasteiger partial charge in [-0.25, -0.2) is 35.9 Å². The zero-order valence-corrected chi connectivity index (χ0v) is 21.4. The molecule has 0 radical (unpaired) electrons. The van der Waals surface area contributed by atoms with Gasteiger partial charge >= 0.3 is 0 Å². The molecule has 0 aliphatic rings. The lowest BCUT2D eigenvalue weighted by Crippen LogP contribution is -2.25. The van der Waals surface area contributed by atoms with Gasteiger partial charge in [0.25, 0.3) is 5.56 Å². The Hall–Kier alpha value is -3.45. The second-order valence-corrected chi connectivity index (χ2v) is 10.8. The highest BCUT2D eigenvalue weighted by Gasteiger charge is 2.26. The predicted octanol–water partition coefficient (Wildman–Crippen LogP) is 5.26. The summed E-state index contributed by atoms with van der Waals surface area (Å²) in [5.74, 6) is -6.73. The number of aromatic nitrogens is 3. The van der Waals surface area contributed by atoms with Crippen LogP contribution in [0.4, 0.5) is 23.2 Å². The number of hydrogen-bond acceptors (Lipinski definition) is 6. The highest BCUT2D eigenvalue weighted by Crippen LogP contribution is 2.32. The van der Waals surface area contributed by atoms with Crippen LogP contribution in [-0.4, -0.2) is 29.2 Å². The van der Waals surface area contributed by atoms with Crippen molar-refractivity contribution in [1.29, 1.82) is 0 Å². The molecule has 37 heavy (non-hydrogen) atoms. The third-order valence-electron chi connectivity index (χ3n) is 5.46. The molecule has 1 N–H and O–H groups in total. The number of anilines is 1. The summed E-state index contributed by atoms with van der Waals surface area (Å²) in [6.45, 7) is 3.38. The lowest BCUT2D eigenvalue weighted by atomic mass is 10.0. The topological polar surface area (TPSA) is 94.0 Å². The van der Waals surface area contributed by atoms with Gasteiger partial charge in [-0.05, 0) is 38.3 Å². The molecule has 4 rings (SSSR count). The SMILES string of the molecule is CSc1ncc2cc(-c3cc(F)c(NS(=O)(=O)Cc4ccccc4F)c(F)c3F)c(=O)n(C(C)C)c2n1. The van der Waals surface area contributed by atoms with E-state index in [2.05, 4.69) is 9.97 Å². The van der Waals surface area contributed by atoms with Crippen LogP contribution in [0.3, 0.4) is 0 Å². The minimum atomic E-state index is -4.53. The molecule has 4 aromatic rings. The summed E-state index contributed by atoms with van der Waals surface area (Å²) in [6.07, 6.45) is 3.16. The van der Waals surface area contributed by atoms with E-state index in [9.17, 15) is 22.0 Å². The molecule has 0 saturated heterocycles. The van der Waals surface area contributed by atoms with Crippen molar-refractivity contribution in [2.45, 2.75) is 30.8 Å². The molecular weight excluding hydrogens is 532 g/mol. The van der Waals surface area contributed by atoms with Crippen molar-refractivity contribution in [3.05, 3.63) is 81.8 Å². The number of fused-ring (bicyclic) bond motifs is 1. The summed E-state index contributed by atoms with van der Waals surface area (Å²) in [6, 6.07) is 6.27. The fourth-order valence-corrected chi connectivity index (χ4v) is 5.32. The number of hydrogen-bond donors (Lipinski definition) is 1. The maximum absolute atomic E-state index is 15.2. The van der Waals surface area contributed by atoms with Crippen LogP contribution in [0.5, 0.6) is 0 Å². The van der Waals surface area contributed by atoms with Crippen LogP contribution >= 0.6 is 11.8 Å². The minimum absolute atomic E-state index is 0.245. The van der Waals surface area contributed by atoms with Gasteiger partial charge in [0.2, 0.25) is 10.0 Å². The van der Waals surface area contributed by atoms with Gasteiger partial charge in [-0.15, -0.1) is 0 Å². The molecule has 0 fully saturated rings. The Kier molecular flexibility index (Phi) is 7.29. The molecular formula is C24H20F4N4O3S2. The summed E-state index contributed by atoms with van der Waals surface area (Å²) in [7, 11) is -4.53. The van der Waals surface area contributed by atoms with E-state index in [1.54, 1.807) is 24.8 Å². The van der Waals surface area contributed by atoms with E-state index < -0.39 is 61.9 Å². The Balaban J connectivity index is 1.82. The Morgan fingerprint density at radius 1 is 1.03 bits per heavy atom. The van der Waals surface area contributed by atoms with Gasteiger partial charge in [0, 0.05) is 28.8 Å². The van der Waals surface area contributed by atoms with Crippen molar-refractivity contribution < 1.29 is 26.0 Å². The molecule has 2 aromatic heterocycles. The summed E-state index contributed by atoms with van der Waals surface area (Å²) in [5, 5.41) is 0.723. The van der Waals surface area contributed by atoms with Gasteiger partial charge in [0.15, 0.2) is 22.6 Å². The average molecular weight is 553 g/mol. The molecule has 0 aliphatic carbocycles. The normalized spacial score (nSPS) is 11.9. The summed E-state index contributed by atoms with van der Waals surface area (Å²) >= 11 is 1.25. The quantitative estimate of drug-likeness (QED) is 0.146. The predicted molar refractivity (Wildman–Crippen MR) is 134 cm³/mol. The molecule has 0 saturated carbocycles. The number of benzene rings is 2. The molecule has 194 valence electrons. The van der Waals surface area contributed by atoms with Crippen LogP contribution in [0.2, 0.25) is 0 Å². The van der Waals surface area contributed by atoms with Crippen molar-refractivity contribution in [2.75, 3.05) is 11.0 Å². The number of halogens is 4. The summed E-state index contributed by atoms with van der Waals surface area (Å²) in [4.78, 5) is 21.8. The van der Waals surface area contributed by atoms with Crippen LogP contribution in [0, 0.1) is 23.3 Å². The maximum Gasteiger partial charge on any atom is 0.260 e. The van der Waals surface area contributed by atoms with Crippen molar-refractivity contribution in [3.8, 4) is 11.1 Å². The highest BCUT2D eigenvalue weighted by molar-refractivity contribution is 7.98. The zero-order valence-electron chi connectivity index (χ0n) is 19.7. The Labute approximate surface area is 213 Å². The third-order valence-corrected chi connectivity index (χ3v) is 7.23. The van der Waals surface area contributed by atoms with Crippen molar-refractivity contribution in [3.63, 3.8) is 0 Å². The molecule has 0 aliphatic heterocycles. The van der Waals surface area contributed by atoms with Gasteiger partial charge in [-0.2, -0.15) is 0 Å². The van der Waals surface area contributed by atoms with Gasteiger partial charge < -0.3 is 0 Å². The second-order valence-electron chi connectivity index (χ2n) is 8.32. The Bertz CT molecular complexity index is 1690. The largest absolute Gasteiger partial charge is 0.289 e. The Morgan fingerprint density at radius 3 is 2.38 bits per heavy atom. The lowest BCUT2D eigenvalue weighted by molar-refractivity contribution is 0.502. The number of thioether (sulfide) groups is 1. The van der Waals surface area contributed by atoms with Crippen molar-refractivity contribution in [1.82, 2.24) is 14.5 Å². The number of nitrogens with zero attached hydrogens (tertiary/aromatic N) is 3. The van der Waals surface area contributed by atoms with Crippen LogP contribution in [0.25, 0.3) is 22.2 Å². The molecule has 2 heterocycles. The summed E-state index contributed by atoms with van der Waals surface area (Å²) in [5.41, 5.74) is -3.08. The van der Waals surface area contributed by atoms with E-state index in [1.165, 1.54) is 46.8 Å². The van der Waals surface area contributed by atoms with E-state index >= 15 is 8.78 Å². The standard InChI is InChI=1S/C24H20F4N4O3S2/c1-12(2)32-22-14(10-29-24(30-22)36-3)8-16(23(32)33)15-9-18(26)21(20(28)19(15)27)31-37(34,35)11-13-6-4-5-7-17(13)25/h4-10,12,31H,11H2,1-3H3. The second kappa shape index (κ2) is 10.1. The zero-order chi connectivity index (χ0) is 27.1. The van der Waals surface area contributed by atoms with Crippen LogP contribution in [0.15, 0.2) is 52.5 Å². The number of nitrogens with one attached hydrogen (secondary N) is 1. The van der Waals surface area contributed by atoms with Crippen LogP contribution in [0.1, 0.15) is 25.5 Å². The third kappa shape index (κ3) is 5.18. The van der Waals surface area contributed by atoms with Crippen LogP contribution < -0.4 is 10.3 Å². The first kappa shape index (κ1) is 26.6. The van der Waals surface area contributed by atoms with Gasteiger partial charge in [-0.3, -0.25) is 14.1 Å². The monoisotopic (exact) mass is 552 g/mol. The molecule has 0 spiro atoms. The fraction of sp³-hybridized carbons (Fsp3) is 0.208. The molecule has 13 heteroatoms. The van der Waals surface area contributed by atoms with Gasteiger partial charge in [-0.1, -0.05) is 30.0 Å². The smallest absolute Gasteiger partial charge is 0.260 e. The van der Waals surface area contributed by atoms with Crippen molar-refractivity contribution >= 4 is 38.5 Å². The Morgan fingerprint density at radius 2 is 1.73 bits per heavy atom. The maximum atomic E-state index is 15.2. The van der Waals surface area contributed by atoms with Gasteiger partial charge in [0.05, 0.1) is 11.3 Å². The molecule has 2 aromatic carbocycles. The summed E-state index contributed by atoms with van der Waals surface area (Å²) < 4.78 is 86.9. The van der Waals surface area contributed by atoms with E-state index in [4.69, 9.17) is 0 Å². The number of sulfonamides is 1. The van der Waals surface area contributed by atoms with Crippen molar-refractivity contribution in [2.24, 2.45) is 0 Å². The average Bonchev–Trinajstić information content (AvgIpc) is 2.84. The molecule has 0 atom stereocenters. The first-order valence-corrected chi connectivity index (χ1v) is 13.7. The number of pyridine rings is 1. The molecule has 0 unspecified atom stereocenters. The highest BCUT2D eigenvalue weighted by atomic mass is 32.2. The van der Waals surface area contributed by atoms with Gasteiger partial charge in [0.1, 0.15) is 17.2 Å². The van der Waals surface area contributed by atoms with Crippen LogP contribution in [-0.2, 0) is 15.8 Å². The lowest BCUT2D eigenvalue weighted by Gasteiger charge is -2.17. The van der Waals surface area contributed by atoms with E-state index in [0.29, 0.717) is 16.6 Å². The molecule has 0 amide bonds. The van der Waals surface area contributed by atoms with E-state index in [1.807, 2.05) is 0 Å². The molecule has 7 nitrogen and oxygen atoms in total. The fourth-order valence-electron chi connectivity index (χ4n) is 3.77. The molecule has 0 bridgehead atoms. The van der Waals surface area contributed by atoms with E-state index in [-0.39, 0.29) is 16.8 Å². The first-order valence-electron chi connectivity index (χ1n) is 10.8. The number of rotatable bonds is 7. The minimum Gasteiger partial charge on any atom is -0.289 e.